The lowest BCUT2D eigenvalue weighted by molar-refractivity contribution is 1.33. The molecule has 2 aromatic heterocycles. The van der Waals surface area contributed by atoms with Crippen LogP contribution in [0.25, 0.3) is 11.0 Å². The number of anilines is 1. The van der Waals surface area contributed by atoms with Crippen molar-refractivity contribution in [3.63, 3.8) is 0 Å². The number of H-pyrrole nitrogens is 1. The average molecular weight is 169 g/mol. The summed E-state index contributed by atoms with van der Waals surface area (Å²) in [6.07, 6.45) is 1.60. The second-order valence-corrected chi connectivity index (χ2v) is 2.48. The molecule has 56 valence electrons. The minimum absolute atomic E-state index is 0.356. The highest BCUT2D eigenvalue weighted by Gasteiger charge is 2.02. The minimum Gasteiger partial charge on any atom is -0.369 e. The fraction of sp³-hybridized carbons (Fsp3) is 0. The summed E-state index contributed by atoms with van der Waals surface area (Å²) in [6.45, 7) is 0. The zero-order valence-electron chi connectivity index (χ0n) is 5.50. The van der Waals surface area contributed by atoms with Crippen molar-refractivity contribution < 1.29 is 0 Å². The van der Waals surface area contributed by atoms with E-state index < -0.39 is 0 Å². The van der Waals surface area contributed by atoms with Gasteiger partial charge in [-0.1, -0.05) is 11.6 Å². The molecule has 2 heterocycles. The summed E-state index contributed by atoms with van der Waals surface area (Å²) in [4.78, 5) is 10.6. The van der Waals surface area contributed by atoms with Crippen LogP contribution in [0.3, 0.4) is 0 Å². The maximum absolute atomic E-state index is 5.72. The SMILES string of the molecule is Nc1nc2c(Cl)nccc2[nH]1. The molecule has 0 spiro atoms. The minimum atomic E-state index is 0.356. The second kappa shape index (κ2) is 2.10. The largest absolute Gasteiger partial charge is 0.369 e. The summed E-state index contributed by atoms with van der Waals surface area (Å²) in [5, 5.41) is 0.371. The number of aromatic nitrogens is 3. The Morgan fingerprint density at radius 3 is 3.09 bits per heavy atom. The Kier molecular flexibility index (Phi) is 1.22. The lowest BCUT2D eigenvalue weighted by Gasteiger charge is -1.87. The number of imidazole rings is 1. The van der Waals surface area contributed by atoms with Gasteiger partial charge in [0.1, 0.15) is 5.52 Å². The molecular formula is C6H5ClN4. The second-order valence-electron chi connectivity index (χ2n) is 2.12. The zero-order valence-corrected chi connectivity index (χ0v) is 6.26. The van der Waals surface area contributed by atoms with Gasteiger partial charge in [0.25, 0.3) is 0 Å². The van der Waals surface area contributed by atoms with Crippen LogP contribution in [0.2, 0.25) is 5.15 Å². The van der Waals surface area contributed by atoms with Crippen LogP contribution in [0.1, 0.15) is 0 Å². The molecule has 0 bridgehead atoms. The van der Waals surface area contributed by atoms with E-state index in [1.165, 1.54) is 0 Å². The number of hydrogen-bond acceptors (Lipinski definition) is 3. The van der Waals surface area contributed by atoms with Crippen LogP contribution in [0.5, 0.6) is 0 Å². The number of hydrogen-bond donors (Lipinski definition) is 2. The Labute approximate surface area is 67.4 Å². The highest BCUT2D eigenvalue weighted by atomic mass is 35.5. The van der Waals surface area contributed by atoms with E-state index in [1.54, 1.807) is 12.3 Å². The first kappa shape index (κ1) is 6.42. The molecule has 0 amide bonds. The number of rotatable bonds is 0. The highest BCUT2D eigenvalue weighted by Crippen LogP contribution is 2.18. The fourth-order valence-electron chi connectivity index (χ4n) is 0.922. The van der Waals surface area contributed by atoms with Crippen molar-refractivity contribution in [2.24, 2.45) is 0 Å². The van der Waals surface area contributed by atoms with Crippen molar-refractivity contribution in [2.75, 3.05) is 5.73 Å². The molecule has 5 heteroatoms. The summed E-state index contributed by atoms with van der Waals surface area (Å²) >= 11 is 5.72. The quantitative estimate of drug-likeness (QED) is 0.581. The standard InChI is InChI=1S/C6H5ClN4/c7-5-4-3(1-2-9-5)10-6(8)11-4/h1-2H,(H3,8,10,11). The smallest absolute Gasteiger partial charge is 0.198 e. The van der Waals surface area contributed by atoms with Gasteiger partial charge in [-0.3, -0.25) is 0 Å². The van der Waals surface area contributed by atoms with Gasteiger partial charge < -0.3 is 10.7 Å². The summed E-state index contributed by atoms with van der Waals surface area (Å²) in [5.41, 5.74) is 6.83. The molecule has 4 nitrogen and oxygen atoms in total. The molecule has 11 heavy (non-hydrogen) atoms. The molecule has 0 fully saturated rings. The maximum atomic E-state index is 5.72. The van der Waals surface area contributed by atoms with Crippen LogP contribution in [0, 0.1) is 0 Å². The molecule has 0 saturated carbocycles. The molecule has 0 aliphatic rings. The van der Waals surface area contributed by atoms with E-state index in [9.17, 15) is 0 Å². The molecule has 0 atom stereocenters. The van der Waals surface area contributed by atoms with Crippen LogP contribution in [-0.4, -0.2) is 15.0 Å². The van der Waals surface area contributed by atoms with E-state index in [4.69, 9.17) is 17.3 Å². The Morgan fingerprint density at radius 2 is 2.36 bits per heavy atom. The normalized spacial score (nSPS) is 10.6. The number of nitrogens with two attached hydrogens (primary N) is 1. The zero-order chi connectivity index (χ0) is 7.84. The fourth-order valence-corrected chi connectivity index (χ4v) is 1.12. The lowest BCUT2D eigenvalue weighted by atomic mass is 10.4. The first-order valence-corrected chi connectivity index (χ1v) is 3.41. The van der Waals surface area contributed by atoms with Crippen LogP contribution >= 0.6 is 11.6 Å². The highest BCUT2D eigenvalue weighted by molar-refractivity contribution is 6.33. The van der Waals surface area contributed by atoms with Gasteiger partial charge in [0.05, 0.1) is 5.52 Å². The van der Waals surface area contributed by atoms with Gasteiger partial charge in [-0.15, -0.1) is 0 Å². The van der Waals surface area contributed by atoms with Gasteiger partial charge in [-0.05, 0) is 6.07 Å². The first-order chi connectivity index (χ1) is 5.27. The number of nitrogen functional groups attached to an aromatic ring is 1. The molecule has 0 aliphatic heterocycles. The molecule has 3 N–H and O–H groups in total. The van der Waals surface area contributed by atoms with Crippen molar-refractivity contribution in [3.8, 4) is 0 Å². The summed E-state index contributed by atoms with van der Waals surface area (Å²) < 4.78 is 0. The molecule has 0 radical (unpaired) electrons. The molecule has 2 aromatic rings. The number of halogens is 1. The predicted molar refractivity (Wildman–Crippen MR) is 43.3 cm³/mol. The van der Waals surface area contributed by atoms with Crippen LogP contribution in [0.15, 0.2) is 12.3 Å². The number of fused-ring (bicyclic) bond motifs is 1. The van der Waals surface area contributed by atoms with Gasteiger partial charge in [0.2, 0.25) is 0 Å². The number of aromatic amines is 1. The topological polar surface area (TPSA) is 67.6 Å². The molecular weight excluding hydrogens is 164 g/mol. The van der Waals surface area contributed by atoms with Crippen molar-refractivity contribution >= 4 is 28.6 Å². The lowest BCUT2D eigenvalue weighted by Crippen LogP contribution is -1.84. The van der Waals surface area contributed by atoms with Gasteiger partial charge in [-0.2, -0.15) is 0 Å². The Balaban J connectivity index is 2.90. The van der Waals surface area contributed by atoms with Gasteiger partial charge in [-0.25, -0.2) is 9.97 Å². The third-order valence-electron chi connectivity index (χ3n) is 1.37. The maximum Gasteiger partial charge on any atom is 0.198 e. The predicted octanol–water partition coefficient (Wildman–Crippen LogP) is 1.19. The first-order valence-electron chi connectivity index (χ1n) is 3.03. The van der Waals surface area contributed by atoms with E-state index >= 15 is 0 Å². The summed E-state index contributed by atoms with van der Waals surface area (Å²) in [6, 6.07) is 1.77. The van der Waals surface area contributed by atoms with Crippen molar-refractivity contribution in [1.82, 2.24) is 15.0 Å². The van der Waals surface area contributed by atoms with Crippen molar-refractivity contribution in [3.05, 3.63) is 17.4 Å². The Hall–Kier alpha value is -1.29. The third kappa shape index (κ3) is 0.914. The average Bonchev–Trinajstić information content (AvgIpc) is 2.31. The van der Waals surface area contributed by atoms with E-state index in [-0.39, 0.29) is 0 Å². The van der Waals surface area contributed by atoms with Crippen molar-refractivity contribution in [1.29, 1.82) is 0 Å². The molecule has 0 unspecified atom stereocenters. The number of pyridine rings is 1. The van der Waals surface area contributed by atoms with E-state index in [1.807, 2.05) is 0 Å². The third-order valence-corrected chi connectivity index (χ3v) is 1.65. The van der Waals surface area contributed by atoms with E-state index in [0.29, 0.717) is 16.6 Å². The van der Waals surface area contributed by atoms with Gasteiger partial charge in [0, 0.05) is 6.20 Å². The Morgan fingerprint density at radius 1 is 1.55 bits per heavy atom. The van der Waals surface area contributed by atoms with Gasteiger partial charge in [0.15, 0.2) is 11.1 Å². The van der Waals surface area contributed by atoms with Crippen molar-refractivity contribution in [2.45, 2.75) is 0 Å². The summed E-state index contributed by atoms with van der Waals surface area (Å²) in [5.74, 6) is 0.356. The van der Waals surface area contributed by atoms with Crippen LogP contribution < -0.4 is 5.73 Å². The molecule has 0 aliphatic carbocycles. The monoisotopic (exact) mass is 168 g/mol. The van der Waals surface area contributed by atoms with E-state index in [2.05, 4.69) is 15.0 Å². The number of nitrogens with zero attached hydrogens (tertiary/aromatic N) is 2. The number of nitrogens with one attached hydrogen (secondary N) is 1. The van der Waals surface area contributed by atoms with Crippen LogP contribution in [-0.2, 0) is 0 Å². The summed E-state index contributed by atoms with van der Waals surface area (Å²) in [7, 11) is 0. The molecule has 0 aromatic carbocycles. The van der Waals surface area contributed by atoms with E-state index in [0.717, 1.165) is 5.52 Å². The molecule has 2 rings (SSSR count). The van der Waals surface area contributed by atoms with Crippen LogP contribution in [0.4, 0.5) is 5.95 Å². The molecule has 0 saturated heterocycles. The Bertz CT molecular complexity index is 394. The van der Waals surface area contributed by atoms with Gasteiger partial charge >= 0.3 is 0 Å².